The third kappa shape index (κ3) is 3.43. The van der Waals surface area contributed by atoms with Crippen LogP contribution in [0.1, 0.15) is 16.0 Å². The van der Waals surface area contributed by atoms with Gasteiger partial charge in [0.05, 0.1) is 4.83 Å². The summed E-state index contributed by atoms with van der Waals surface area (Å²) in [6, 6.07) is 10.3. The molecule has 0 N–H and O–H groups in total. The minimum absolute atomic E-state index is 0.0618. The van der Waals surface area contributed by atoms with Crippen molar-refractivity contribution < 1.29 is 9.47 Å². The first-order valence-electron chi connectivity index (χ1n) is 6.24. The molecule has 1 aliphatic rings. The standard InChI is InChI=1S/C15H10Br3IO2/c16-11-2-1-8(19)5-9(11)15(18)10-6-13-14(7-12(10)17)21-4-3-20-13/h1-2,5-7,15H,3-4H2. The first kappa shape index (κ1) is 16.1. The second-order valence-electron chi connectivity index (χ2n) is 4.55. The van der Waals surface area contributed by atoms with E-state index in [1.54, 1.807) is 0 Å². The molecule has 0 fully saturated rings. The van der Waals surface area contributed by atoms with Gasteiger partial charge >= 0.3 is 0 Å². The van der Waals surface area contributed by atoms with E-state index >= 15 is 0 Å². The van der Waals surface area contributed by atoms with Gasteiger partial charge in [-0.15, -0.1) is 0 Å². The molecule has 1 aliphatic heterocycles. The Kier molecular flexibility index (Phi) is 5.18. The van der Waals surface area contributed by atoms with Crippen LogP contribution in [0.3, 0.4) is 0 Å². The third-order valence-corrected chi connectivity index (χ3v) is 6.23. The van der Waals surface area contributed by atoms with Crippen molar-refractivity contribution in [1.82, 2.24) is 0 Å². The molecule has 0 saturated heterocycles. The fraction of sp³-hybridized carbons (Fsp3) is 0.200. The number of hydrogen-bond donors (Lipinski definition) is 0. The van der Waals surface area contributed by atoms with Gasteiger partial charge in [-0.05, 0) is 64.0 Å². The third-order valence-electron chi connectivity index (χ3n) is 3.17. The molecule has 2 nitrogen and oxygen atoms in total. The van der Waals surface area contributed by atoms with Crippen molar-refractivity contribution >= 4 is 70.4 Å². The molecular weight excluding hydrogens is 579 g/mol. The van der Waals surface area contributed by atoms with Crippen molar-refractivity contribution in [3.63, 3.8) is 0 Å². The Bertz CT molecular complexity index is 691. The molecule has 2 aromatic carbocycles. The number of benzene rings is 2. The number of hydrogen-bond acceptors (Lipinski definition) is 2. The van der Waals surface area contributed by atoms with Crippen LogP contribution in [0.4, 0.5) is 0 Å². The largest absolute Gasteiger partial charge is 0.486 e. The summed E-state index contributed by atoms with van der Waals surface area (Å²) in [4.78, 5) is 0.0618. The smallest absolute Gasteiger partial charge is 0.162 e. The van der Waals surface area contributed by atoms with Gasteiger partial charge in [0.25, 0.3) is 0 Å². The molecule has 0 spiro atoms. The molecule has 110 valence electrons. The van der Waals surface area contributed by atoms with Gasteiger partial charge in [0.1, 0.15) is 13.2 Å². The van der Waals surface area contributed by atoms with Crippen LogP contribution in [0, 0.1) is 3.57 Å². The molecular formula is C15H10Br3IO2. The molecule has 0 bridgehead atoms. The summed E-state index contributed by atoms with van der Waals surface area (Å²) in [5.41, 5.74) is 2.29. The molecule has 6 heteroatoms. The Balaban J connectivity index is 2.05. The van der Waals surface area contributed by atoms with Crippen LogP contribution >= 0.6 is 70.4 Å². The molecule has 0 amide bonds. The molecule has 21 heavy (non-hydrogen) atoms. The van der Waals surface area contributed by atoms with E-state index in [0.717, 1.165) is 26.0 Å². The Morgan fingerprint density at radius 3 is 2.24 bits per heavy atom. The van der Waals surface area contributed by atoms with Crippen LogP contribution in [-0.2, 0) is 0 Å². The molecule has 1 unspecified atom stereocenters. The van der Waals surface area contributed by atoms with E-state index in [0.29, 0.717) is 13.2 Å². The summed E-state index contributed by atoms with van der Waals surface area (Å²) in [5, 5.41) is 0. The Hall–Kier alpha value is 0.210. The van der Waals surface area contributed by atoms with Gasteiger partial charge in [-0.1, -0.05) is 47.8 Å². The highest BCUT2D eigenvalue weighted by Crippen LogP contribution is 2.44. The second-order valence-corrected chi connectivity index (χ2v) is 8.42. The fourth-order valence-electron chi connectivity index (χ4n) is 2.15. The van der Waals surface area contributed by atoms with Crippen molar-refractivity contribution in [1.29, 1.82) is 0 Å². The maximum atomic E-state index is 5.68. The van der Waals surface area contributed by atoms with Crippen LogP contribution in [0.2, 0.25) is 0 Å². The lowest BCUT2D eigenvalue weighted by Gasteiger charge is -2.22. The number of halogens is 4. The van der Waals surface area contributed by atoms with E-state index in [1.165, 1.54) is 9.13 Å². The average Bonchev–Trinajstić information content (AvgIpc) is 2.48. The maximum absolute atomic E-state index is 5.68. The summed E-state index contributed by atoms with van der Waals surface area (Å²) in [5.74, 6) is 1.59. The van der Waals surface area contributed by atoms with E-state index in [2.05, 4.69) is 88.6 Å². The van der Waals surface area contributed by atoms with Gasteiger partial charge in [-0.25, -0.2) is 0 Å². The molecule has 0 aromatic heterocycles. The van der Waals surface area contributed by atoms with E-state index in [1.807, 2.05) is 12.1 Å². The summed E-state index contributed by atoms with van der Waals surface area (Å²) < 4.78 is 14.6. The highest BCUT2D eigenvalue weighted by Gasteiger charge is 2.21. The Morgan fingerprint density at radius 2 is 1.52 bits per heavy atom. The Morgan fingerprint density at radius 1 is 0.905 bits per heavy atom. The Labute approximate surface area is 162 Å². The minimum atomic E-state index is 0.0618. The van der Waals surface area contributed by atoms with Crippen molar-refractivity contribution in [2.24, 2.45) is 0 Å². The van der Waals surface area contributed by atoms with Gasteiger partial charge in [0.15, 0.2) is 11.5 Å². The van der Waals surface area contributed by atoms with Crippen molar-refractivity contribution in [2.75, 3.05) is 13.2 Å². The highest BCUT2D eigenvalue weighted by molar-refractivity contribution is 14.1. The van der Waals surface area contributed by atoms with Gasteiger partial charge in [0, 0.05) is 12.5 Å². The first-order chi connectivity index (χ1) is 10.1. The number of fused-ring (bicyclic) bond motifs is 1. The second kappa shape index (κ2) is 6.76. The number of rotatable bonds is 2. The van der Waals surface area contributed by atoms with E-state index < -0.39 is 0 Å². The summed E-state index contributed by atoms with van der Waals surface area (Å²) in [7, 11) is 0. The van der Waals surface area contributed by atoms with Gasteiger partial charge in [0.2, 0.25) is 0 Å². The first-order valence-corrected chi connectivity index (χ1v) is 9.82. The van der Waals surface area contributed by atoms with Gasteiger partial charge in [-0.3, -0.25) is 0 Å². The minimum Gasteiger partial charge on any atom is -0.486 e. The van der Waals surface area contributed by atoms with Crippen LogP contribution in [0.5, 0.6) is 11.5 Å². The van der Waals surface area contributed by atoms with Crippen molar-refractivity contribution in [3.8, 4) is 11.5 Å². The lowest BCUT2D eigenvalue weighted by Crippen LogP contribution is -2.15. The maximum Gasteiger partial charge on any atom is 0.162 e. The highest BCUT2D eigenvalue weighted by atomic mass is 127. The van der Waals surface area contributed by atoms with Crippen LogP contribution in [0.15, 0.2) is 39.3 Å². The number of alkyl halides is 1. The molecule has 1 heterocycles. The zero-order valence-corrected chi connectivity index (χ0v) is 17.6. The summed E-state index contributed by atoms with van der Waals surface area (Å²) in [6.45, 7) is 1.19. The van der Waals surface area contributed by atoms with Crippen molar-refractivity contribution in [2.45, 2.75) is 4.83 Å². The molecule has 2 aromatic rings. The van der Waals surface area contributed by atoms with Crippen LogP contribution < -0.4 is 9.47 Å². The summed E-state index contributed by atoms with van der Waals surface area (Å²) in [6.07, 6.45) is 0. The number of ether oxygens (including phenoxy) is 2. The zero-order chi connectivity index (χ0) is 15.0. The van der Waals surface area contributed by atoms with E-state index in [4.69, 9.17) is 9.47 Å². The average molecular weight is 589 g/mol. The lowest BCUT2D eigenvalue weighted by molar-refractivity contribution is 0.171. The predicted octanol–water partition coefficient (Wildman–Crippen LogP) is 6.07. The molecule has 0 radical (unpaired) electrons. The van der Waals surface area contributed by atoms with Gasteiger partial charge in [-0.2, -0.15) is 0 Å². The van der Waals surface area contributed by atoms with Crippen LogP contribution in [-0.4, -0.2) is 13.2 Å². The topological polar surface area (TPSA) is 18.5 Å². The molecule has 0 aliphatic carbocycles. The quantitative estimate of drug-likeness (QED) is 0.313. The lowest BCUT2D eigenvalue weighted by atomic mass is 10.0. The monoisotopic (exact) mass is 586 g/mol. The van der Waals surface area contributed by atoms with E-state index in [-0.39, 0.29) is 4.83 Å². The van der Waals surface area contributed by atoms with Crippen LogP contribution in [0.25, 0.3) is 0 Å². The van der Waals surface area contributed by atoms with Crippen molar-refractivity contribution in [3.05, 3.63) is 54.0 Å². The fourth-order valence-corrected chi connectivity index (χ4v) is 5.06. The normalized spacial score (nSPS) is 14.9. The van der Waals surface area contributed by atoms with E-state index in [9.17, 15) is 0 Å². The summed E-state index contributed by atoms with van der Waals surface area (Å²) >= 11 is 13.4. The SMILES string of the molecule is Brc1ccc(I)cc1C(Br)c1cc2c(cc1Br)OCCO2. The van der Waals surface area contributed by atoms with Gasteiger partial charge < -0.3 is 9.47 Å². The molecule has 3 rings (SSSR count). The predicted molar refractivity (Wildman–Crippen MR) is 103 cm³/mol. The molecule has 1 atom stereocenters. The molecule has 0 saturated carbocycles. The zero-order valence-electron chi connectivity index (χ0n) is 10.7.